The first-order valence-electron chi connectivity index (χ1n) is 16.4. The molecule has 1 saturated heterocycles. The lowest BCUT2D eigenvalue weighted by molar-refractivity contribution is -0.143. The van der Waals surface area contributed by atoms with Crippen LogP contribution >= 0.6 is 0 Å². The van der Waals surface area contributed by atoms with Crippen molar-refractivity contribution in [2.24, 2.45) is 5.92 Å². The van der Waals surface area contributed by atoms with Crippen molar-refractivity contribution >= 4 is 23.7 Å². The third-order valence-corrected chi connectivity index (χ3v) is 9.28. The van der Waals surface area contributed by atoms with Gasteiger partial charge < -0.3 is 30.1 Å². The zero-order valence-electron chi connectivity index (χ0n) is 27.3. The van der Waals surface area contributed by atoms with Gasteiger partial charge in [-0.15, -0.1) is 0 Å². The van der Waals surface area contributed by atoms with Gasteiger partial charge in [-0.05, 0) is 75.1 Å². The molecule has 1 aromatic heterocycles. The second-order valence-corrected chi connectivity index (χ2v) is 12.7. The number of benzene rings is 1. The van der Waals surface area contributed by atoms with Crippen molar-refractivity contribution in [2.75, 3.05) is 23.4 Å². The third-order valence-electron chi connectivity index (χ3n) is 9.28. The van der Waals surface area contributed by atoms with Crippen molar-refractivity contribution in [3.05, 3.63) is 47.3 Å². The van der Waals surface area contributed by atoms with Crippen LogP contribution in [0.3, 0.4) is 0 Å². The third kappa shape index (κ3) is 9.23. The van der Waals surface area contributed by atoms with Crippen molar-refractivity contribution < 1.29 is 46.5 Å². The first-order chi connectivity index (χ1) is 22.6. The highest BCUT2D eigenvalue weighted by molar-refractivity contribution is 5.70. The zero-order valence-corrected chi connectivity index (χ0v) is 27.3. The van der Waals surface area contributed by atoms with Gasteiger partial charge in [-0.3, -0.25) is 4.79 Å². The second-order valence-electron chi connectivity index (χ2n) is 12.7. The Morgan fingerprint density at radius 1 is 0.979 bits per heavy atom. The van der Waals surface area contributed by atoms with Crippen molar-refractivity contribution in [3.8, 4) is 0 Å². The largest absolute Gasteiger partial charge is 0.481 e. The molecule has 2 aliphatic rings. The number of nitrogens with one attached hydrogen (secondary N) is 1. The van der Waals surface area contributed by atoms with E-state index in [2.05, 4.69) is 15.3 Å². The van der Waals surface area contributed by atoms with Crippen LogP contribution < -0.4 is 10.2 Å². The summed E-state index contributed by atoms with van der Waals surface area (Å²) in [4.78, 5) is 37.3. The van der Waals surface area contributed by atoms with Crippen LogP contribution in [0.4, 0.5) is 38.4 Å². The molecule has 1 amide bonds. The number of carbonyl (C=O) groups is 2. The minimum atomic E-state index is -4.85. The second kappa shape index (κ2) is 15.6. The van der Waals surface area contributed by atoms with Crippen molar-refractivity contribution in [1.29, 1.82) is 0 Å². The van der Waals surface area contributed by atoms with Gasteiger partial charge in [0.05, 0.1) is 36.2 Å². The summed E-state index contributed by atoms with van der Waals surface area (Å²) in [7, 11) is 0. The van der Waals surface area contributed by atoms with Crippen LogP contribution in [-0.4, -0.2) is 74.5 Å². The Morgan fingerprint density at radius 2 is 1.56 bits per heavy atom. The summed E-state index contributed by atoms with van der Waals surface area (Å²) in [5, 5.41) is 21.4. The Bertz CT molecular complexity index is 1340. The molecule has 1 aliphatic heterocycles. The van der Waals surface area contributed by atoms with Gasteiger partial charge in [-0.1, -0.05) is 13.8 Å². The maximum atomic E-state index is 14.4. The lowest BCUT2D eigenvalue weighted by atomic mass is 9.87. The van der Waals surface area contributed by atoms with E-state index in [9.17, 15) is 36.6 Å². The maximum absolute atomic E-state index is 14.4. The molecule has 1 saturated carbocycles. The average molecular weight is 686 g/mol. The topological polar surface area (TPSA) is 128 Å². The number of aliphatic carboxylic acids is 1. The summed E-state index contributed by atoms with van der Waals surface area (Å²) in [5.41, 5.74) is -1.43. The van der Waals surface area contributed by atoms with Crippen LogP contribution in [0.5, 0.6) is 0 Å². The highest BCUT2D eigenvalue weighted by Gasteiger charge is 2.42. The molecule has 1 aromatic carbocycles. The van der Waals surface area contributed by atoms with E-state index in [4.69, 9.17) is 9.84 Å². The first-order valence-corrected chi connectivity index (χ1v) is 16.4. The normalized spacial score (nSPS) is 23.4. The number of carboxylic acid groups (broad SMARTS) is 1. The van der Waals surface area contributed by atoms with Crippen molar-refractivity contribution in [3.63, 3.8) is 0 Å². The molecule has 266 valence electrons. The fraction of sp³-hybridized carbons (Fsp3) is 0.636. The number of carbonyl (C=O) groups excluding carboxylic acids is 1. The molecule has 0 bridgehead atoms. The van der Waals surface area contributed by atoms with Gasteiger partial charge >= 0.3 is 18.2 Å². The number of alkyl halides is 5. The van der Waals surface area contributed by atoms with E-state index in [-0.39, 0.29) is 49.3 Å². The predicted octanol–water partition coefficient (Wildman–Crippen LogP) is 6.82. The van der Waals surface area contributed by atoms with E-state index in [0.29, 0.717) is 70.0 Å². The van der Waals surface area contributed by atoms with Gasteiger partial charge in [0.1, 0.15) is 6.10 Å². The SMILES string of the molecule is CC[C@@H]1C[C@H](N(Cc2cc(C(C)(F)F)cc(C(F)(F)F)c2)c2ncc(NCCO)cn2)C[C@H](CC)N1C(=O)O[C@H]1CC[C@H](C(=O)O)CC1. The van der Waals surface area contributed by atoms with Gasteiger partial charge in [0.25, 0.3) is 5.92 Å². The summed E-state index contributed by atoms with van der Waals surface area (Å²) >= 11 is 0. The number of nitrogens with zero attached hydrogens (tertiary/aromatic N) is 4. The Labute approximate surface area is 276 Å². The molecule has 2 heterocycles. The number of rotatable bonds is 12. The highest BCUT2D eigenvalue weighted by Crippen LogP contribution is 2.38. The summed E-state index contributed by atoms with van der Waals surface area (Å²) in [6.45, 7) is 4.30. The van der Waals surface area contributed by atoms with E-state index in [1.807, 2.05) is 13.8 Å². The molecular formula is C33H44F5N5O5. The Kier molecular flexibility index (Phi) is 12.1. The van der Waals surface area contributed by atoms with Gasteiger partial charge in [-0.2, -0.15) is 13.2 Å². The standard InChI is InChI=1S/C33H44F5N5O5/c1-4-25-15-27(16-26(5-2)43(25)31(47)48-28-8-6-21(7-9-28)29(45)46)42(30-40-17-24(18-41-30)39-10-11-44)19-20-12-22(32(3,34)35)14-23(13-20)33(36,37)38/h12-14,17-18,21,25-28,39,44H,4-11,15-16,19H2,1-3H3,(H,45,46)/t21-,25-,26+,27+,28-. The molecule has 10 nitrogen and oxygen atoms in total. The molecule has 3 N–H and O–H groups in total. The number of aliphatic hydroxyl groups excluding tert-OH is 1. The van der Waals surface area contributed by atoms with Gasteiger partial charge in [0, 0.05) is 43.7 Å². The fourth-order valence-electron chi connectivity index (χ4n) is 6.68. The Hall–Kier alpha value is -3.75. The van der Waals surface area contributed by atoms with Gasteiger partial charge in [0.2, 0.25) is 5.95 Å². The number of halogens is 5. The van der Waals surface area contributed by atoms with Crippen LogP contribution in [0, 0.1) is 5.92 Å². The lowest BCUT2D eigenvalue weighted by Crippen LogP contribution is -2.57. The molecule has 2 fully saturated rings. The van der Waals surface area contributed by atoms with Gasteiger partial charge in [0.15, 0.2) is 0 Å². The van der Waals surface area contributed by atoms with E-state index in [1.54, 1.807) is 9.80 Å². The molecule has 4 rings (SSSR count). The van der Waals surface area contributed by atoms with Gasteiger partial charge in [-0.25, -0.2) is 23.5 Å². The molecule has 0 radical (unpaired) electrons. The molecule has 15 heteroatoms. The molecule has 1 aliphatic carbocycles. The van der Waals surface area contributed by atoms with Crippen LogP contribution in [0.1, 0.15) is 88.8 Å². The van der Waals surface area contributed by atoms with Crippen LogP contribution in [0.2, 0.25) is 0 Å². The summed E-state index contributed by atoms with van der Waals surface area (Å²) in [6.07, 6.45) is 0.842. The van der Waals surface area contributed by atoms with Crippen LogP contribution in [-0.2, 0) is 28.2 Å². The number of ether oxygens (including phenoxy) is 1. The minimum Gasteiger partial charge on any atom is -0.481 e. The van der Waals surface area contributed by atoms with E-state index in [1.165, 1.54) is 12.4 Å². The van der Waals surface area contributed by atoms with E-state index in [0.717, 1.165) is 12.1 Å². The Balaban J connectivity index is 1.64. The van der Waals surface area contributed by atoms with Crippen molar-refractivity contribution in [2.45, 2.75) is 115 Å². The number of aliphatic hydroxyl groups is 1. The minimum absolute atomic E-state index is 0.00679. The van der Waals surface area contributed by atoms with E-state index < -0.39 is 47.3 Å². The van der Waals surface area contributed by atoms with Crippen LogP contribution in [0.15, 0.2) is 30.6 Å². The maximum Gasteiger partial charge on any atom is 0.416 e. The molecular weight excluding hydrogens is 641 g/mol. The highest BCUT2D eigenvalue weighted by atomic mass is 19.4. The average Bonchev–Trinajstić information content (AvgIpc) is 3.05. The summed E-state index contributed by atoms with van der Waals surface area (Å²) < 4.78 is 76.2. The summed E-state index contributed by atoms with van der Waals surface area (Å²) in [6, 6.07) is 1.37. The molecule has 48 heavy (non-hydrogen) atoms. The number of piperidine rings is 1. The predicted molar refractivity (Wildman–Crippen MR) is 168 cm³/mol. The van der Waals surface area contributed by atoms with Crippen molar-refractivity contribution in [1.82, 2.24) is 14.9 Å². The monoisotopic (exact) mass is 685 g/mol. The number of likely N-dealkylation sites (tertiary alicyclic amines) is 1. The number of amides is 1. The Morgan fingerprint density at radius 3 is 2.06 bits per heavy atom. The number of aromatic nitrogens is 2. The van der Waals surface area contributed by atoms with Crippen LogP contribution in [0.25, 0.3) is 0 Å². The van der Waals surface area contributed by atoms with E-state index >= 15 is 0 Å². The smallest absolute Gasteiger partial charge is 0.416 e. The molecule has 2 aromatic rings. The quantitative estimate of drug-likeness (QED) is 0.206. The number of hydrogen-bond acceptors (Lipinski definition) is 8. The fourth-order valence-corrected chi connectivity index (χ4v) is 6.68. The molecule has 0 spiro atoms. The zero-order chi connectivity index (χ0) is 35.2. The lowest BCUT2D eigenvalue weighted by Gasteiger charge is -2.47. The number of anilines is 2. The number of hydrogen-bond donors (Lipinski definition) is 3. The summed E-state index contributed by atoms with van der Waals surface area (Å²) in [5.74, 6) is -4.65. The number of carboxylic acids is 1. The first kappa shape index (κ1) is 37.1. The molecule has 0 unspecified atom stereocenters. The molecule has 3 atom stereocenters.